The fraction of sp³-hybridized carbons (Fsp3) is 0.462. The lowest BCUT2D eigenvalue weighted by Crippen LogP contribution is -2.34. The normalized spacial score (nSPS) is 10.9. The van der Waals surface area contributed by atoms with Gasteiger partial charge in [-0.3, -0.25) is 14.6 Å². The monoisotopic (exact) mass is 250 g/mol. The number of aromatic nitrogens is 1. The first-order valence-electron chi connectivity index (χ1n) is 5.70. The summed E-state index contributed by atoms with van der Waals surface area (Å²) in [6, 6.07) is 3.40. The predicted octanol–water partition coefficient (Wildman–Crippen LogP) is 1.46. The molecule has 5 nitrogen and oxygen atoms in total. The SMILES string of the molecule is Cc1ccc(C(=O)NCC(=O)OC(C)(C)C)cn1. The Bertz CT molecular complexity index is 433. The fourth-order valence-electron chi connectivity index (χ4n) is 1.23. The van der Waals surface area contributed by atoms with Gasteiger partial charge in [-0.05, 0) is 39.8 Å². The van der Waals surface area contributed by atoms with Gasteiger partial charge in [0, 0.05) is 11.9 Å². The first-order chi connectivity index (χ1) is 8.28. The van der Waals surface area contributed by atoms with Gasteiger partial charge in [-0.15, -0.1) is 0 Å². The smallest absolute Gasteiger partial charge is 0.325 e. The highest BCUT2D eigenvalue weighted by Crippen LogP contribution is 2.06. The number of aryl methyl sites for hydroxylation is 1. The number of pyridine rings is 1. The van der Waals surface area contributed by atoms with E-state index in [1.54, 1.807) is 32.9 Å². The van der Waals surface area contributed by atoms with Gasteiger partial charge in [0.25, 0.3) is 5.91 Å². The van der Waals surface area contributed by atoms with E-state index in [0.29, 0.717) is 5.56 Å². The van der Waals surface area contributed by atoms with Gasteiger partial charge in [0.1, 0.15) is 12.1 Å². The van der Waals surface area contributed by atoms with Crippen molar-refractivity contribution in [1.82, 2.24) is 10.3 Å². The lowest BCUT2D eigenvalue weighted by Gasteiger charge is -2.19. The number of esters is 1. The first kappa shape index (κ1) is 14.2. The highest BCUT2D eigenvalue weighted by molar-refractivity contribution is 5.95. The van der Waals surface area contributed by atoms with Crippen LogP contribution < -0.4 is 5.32 Å². The van der Waals surface area contributed by atoms with Crippen molar-refractivity contribution in [3.63, 3.8) is 0 Å². The molecule has 1 aromatic rings. The minimum absolute atomic E-state index is 0.149. The Balaban J connectivity index is 2.47. The summed E-state index contributed by atoms with van der Waals surface area (Å²) < 4.78 is 5.07. The molecule has 1 aromatic heterocycles. The second kappa shape index (κ2) is 5.62. The maximum atomic E-state index is 11.7. The van der Waals surface area contributed by atoms with E-state index in [-0.39, 0.29) is 12.5 Å². The molecule has 0 radical (unpaired) electrons. The average Bonchev–Trinajstić information content (AvgIpc) is 2.24. The second-order valence-electron chi connectivity index (χ2n) is 4.96. The third-order valence-electron chi connectivity index (χ3n) is 1.99. The largest absolute Gasteiger partial charge is 0.459 e. The third-order valence-corrected chi connectivity index (χ3v) is 1.99. The highest BCUT2D eigenvalue weighted by atomic mass is 16.6. The first-order valence-corrected chi connectivity index (χ1v) is 5.70. The van der Waals surface area contributed by atoms with Gasteiger partial charge in [-0.1, -0.05) is 0 Å². The van der Waals surface area contributed by atoms with Crippen LogP contribution in [-0.2, 0) is 9.53 Å². The molecule has 98 valence electrons. The topological polar surface area (TPSA) is 68.3 Å². The molecule has 0 bridgehead atoms. The van der Waals surface area contributed by atoms with Crippen LogP contribution in [0.2, 0.25) is 0 Å². The van der Waals surface area contributed by atoms with E-state index in [4.69, 9.17) is 4.74 Å². The molecule has 18 heavy (non-hydrogen) atoms. The van der Waals surface area contributed by atoms with Crippen molar-refractivity contribution in [2.24, 2.45) is 0 Å². The van der Waals surface area contributed by atoms with Crippen LogP contribution in [0.4, 0.5) is 0 Å². The molecule has 0 aliphatic heterocycles. The van der Waals surface area contributed by atoms with Crippen LogP contribution in [0, 0.1) is 6.92 Å². The van der Waals surface area contributed by atoms with Gasteiger partial charge in [0.2, 0.25) is 0 Å². The lowest BCUT2D eigenvalue weighted by atomic mass is 10.2. The molecule has 0 fully saturated rings. The molecule has 0 aliphatic rings. The van der Waals surface area contributed by atoms with Crippen LogP contribution in [0.15, 0.2) is 18.3 Å². The number of amides is 1. The maximum Gasteiger partial charge on any atom is 0.325 e. The van der Waals surface area contributed by atoms with Crippen molar-refractivity contribution in [3.8, 4) is 0 Å². The lowest BCUT2D eigenvalue weighted by molar-refractivity contribution is -0.153. The second-order valence-corrected chi connectivity index (χ2v) is 4.96. The molecule has 0 aliphatic carbocycles. The van der Waals surface area contributed by atoms with Crippen molar-refractivity contribution in [3.05, 3.63) is 29.6 Å². The molecule has 0 spiro atoms. The zero-order valence-electron chi connectivity index (χ0n) is 11.1. The Morgan fingerprint density at radius 3 is 2.50 bits per heavy atom. The molecule has 1 N–H and O–H groups in total. The van der Waals surface area contributed by atoms with Crippen molar-refractivity contribution in [2.45, 2.75) is 33.3 Å². The molecule has 1 rings (SSSR count). The van der Waals surface area contributed by atoms with Crippen LogP contribution in [0.25, 0.3) is 0 Å². The molecule has 1 amide bonds. The summed E-state index contributed by atoms with van der Waals surface area (Å²) in [5.41, 5.74) is 0.704. The zero-order valence-corrected chi connectivity index (χ0v) is 11.1. The minimum Gasteiger partial charge on any atom is -0.459 e. The van der Waals surface area contributed by atoms with Gasteiger partial charge in [0.15, 0.2) is 0 Å². The Morgan fingerprint density at radius 2 is 2.00 bits per heavy atom. The number of ether oxygens (including phenoxy) is 1. The van der Waals surface area contributed by atoms with Crippen molar-refractivity contribution >= 4 is 11.9 Å². The van der Waals surface area contributed by atoms with Crippen LogP contribution in [0.1, 0.15) is 36.8 Å². The Kier molecular flexibility index (Phi) is 4.42. The zero-order chi connectivity index (χ0) is 13.8. The van der Waals surface area contributed by atoms with Crippen LogP contribution >= 0.6 is 0 Å². The van der Waals surface area contributed by atoms with Gasteiger partial charge in [0.05, 0.1) is 5.56 Å². The number of carbonyl (C=O) groups excluding carboxylic acids is 2. The Hall–Kier alpha value is -1.91. The quantitative estimate of drug-likeness (QED) is 0.825. The molecule has 5 heteroatoms. The number of hydrogen-bond donors (Lipinski definition) is 1. The average molecular weight is 250 g/mol. The molecular weight excluding hydrogens is 232 g/mol. The Morgan fingerprint density at radius 1 is 1.33 bits per heavy atom. The number of rotatable bonds is 3. The van der Waals surface area contributed by atoms with Crippen LogP contribution in [0.3, 0.4) is 0 Å². The van der Waals surface area contributed by atoms with Crippen LogP contribution in [0.5, 0.6) is 0 Å². The maximum absolute atomic E-state index is 11.7. The van der Waals surface area contributed by atoms with Gasteiger partial charge in [-0.2, -0.15) is 0 Å². The van der Waals surface area contributed by atoms with Gasteiger partial charge < -0.3 is 10.1 Å². The summed E-state index contributed by atoms with van der Waals surface area (Å²) in [6.07, 6.45) is 1.47. The summed E-state index contributed by atoms with van der Waals surface area (Å²) in [6.45, 7) is 7.01. The summed E-state index contributed by atoms with van der Waals surface area (Å²) in [7, 11) is 0. The summed E-state index contributed by atoms with van der Waals surface area (Å²) >= 11 is 0. The number of carbonyl (C=O) groups is 2. The molecular formula is C13H18N2O3. The van der Waals surface area contributed by atoms with E-state index >= 15 is 0 Å². The third kappa shape index (κ3) is 4.95. The molecule has 1 heterocycles. The van der Waals surface area contributed by atoms with E-state index in [1.165, 1.54) is 6.20 Å². The van der Waals surface area contributed by atoms with E-state index < -0.39 is 11.6 Å². The van der Waals surface area contributed by atoms with E-state index in [1.807, 2.05) is 6.92 Å². The molecule has 0 unspecified atom stereocenters. The summed E-state index contributed by atoms with van der Waals surface area (Å²) in [5.74, 6) is -0.802. The molecule has 0 saturated carbocycles. The Labute approximate surface area is 107 Å². The van der Waals surface area contributed by atoms with Crippen molar-refractivity contribution in [1.29, 1.82) is 0 Å². The minimum atomic E-state index is -0.548. The molecule has 0 atom stereocenters. The number of hydrogen-bond acceptors (Lipinski definition) is 4. The number of nitrogens with zero attached hydrogens (tertiary/aromatic N) is 1. The van der Waals surface area contributed by atoms with E-state index in [0.717, 1.165) is 5.69 Å². The fourth-order valence-corrected chi connectivity index (χ4v) is 1.23. The summed E-state index contributed by atoms with van der Waals surface area (Å²) in [5, 5.41) is 2.49. The van der Waals surface area contributed by atoms with E-state index in [9.17, 15) is 9.59 Å². The van der Waals surface area contributed by atoms with Gasteiger partial charge in [-0.25, -0.2) is 0 Å². The standard InChI is InChI=1S/C13H18N2O3/c1-9-5-6-10(7-14-9)12(17)15-8-11(16)18-13(2,3)4/h5-7H,8H2,1-4H3,(H,15,17). The van der Waals surface area contributed by atoms with Crippen LogP contribution in [-0.4, -0.2) is 29.0 Å². The van der Waals surface area contributed by atoms with Gasteiger partial charge >= 0.3 is 5.97 Å². The van der Waals surface area contributed by atoms with E-state index in [2.05, 4.69) is 10.3 Å². The van der Waals surface area contributed by atoms with Crippen molar-refractivity contribution < 1.29 is 14.3 Å². The number of nitrogens with one attached hydrogen (secondary N) is 1. The predicted molar refractivity (Wildman–Crippen MR) is 67.2 cm³/mol. The van der Waals surface area contributed by atoms with Crippen molar-refractivity contribution in [2.75, 3.05) is 6.54 Å². The summed E-state index contributed by atoms with van der Waals surface area (Å²) in [4.78, 5) is 27.1. The molecule has 0 aromatic carbocycles. The highest BCUT2D eigenvalue weighted by Gasteiger charge is 2.17. The molecule has 0 saturated heterocycles.